The van der Waals surface area contributed by atoms with Gasteiger partial charge in [-0.1, -0.05) is 18.2 Å². The molecule has 0 aliphatic heterocycles. The zero-order valence-corrected chi connectivity index (χ0v) is 13.8. The highest BCUT2D eigenvalue weighted by Gasteiger charge is 2.14. The Kier molecular flexibility index (Phi) is 4.63. The summed E-state index contributed by atoms with van der Waals surface area (Å²) in [7, 11) is 0. The highest BCUT2D eigenvalue weighted by Crippen LogP contribution is 2.24. The van der Waals surface area contributed by atoms with Gasteiger partial charge < -0.3 is 9.73 Å². The monoisotopic (exact) mass is 347 g/mol. The maximum absolute atomic E-state index is 12.1. The molecule has 8 heteroatoms. The Bertz CT molecular complexity index is 868. The number of nitrogens with zero attached hydrogens (tertiary/aromatic N) is 2. The van der Waals surface area contributed by atoms with Crippen molar-refractivity contribution in [2.24, 2.45) is 0 Å². The molecule has 0 fully saturated rings. The summed E-state index contributed by atoms with van der Waals surface area (Å²) in [6.45, 7) is -0.198. The summed E-state index contributed by atoms with van der Waals surface area (Å²) in [5, 5.41) is 8.70. The van der Waals surface area contributed by atoms with Crippen molar-refractivity contribution in [2.45, 2.75) is 11.4 Å². The number of amides is 1. The first-order valence-electron chi connectivity index (χ1n) is 6.72. The van der Waals surface area contributed by atoms with Crippen LogP contribution < -0.4 is 11.1 Å². The lowest BCUT2D eigenvalue weighted by Crippen LogP contribution is -2.26. The van der Waals surface area contributed by atoms with Crippen molar-refractivity contribution in [1.82, 2.24) is 9.78 Å². The summed E-state index contributed by atoms with van der Waals surface area (Å²) >= 11 is 2.95. The minimum absolute atomic E-state index is 0.198. The molecule has 0 unspecified atom stereocenters. The predicted octanol–water partition coefficient (Wildman–Crippen LogP) is 2.93. The van der Waals surface area contributed by atoms with E-state index in [-0.39, 0.29) is 18.3 Å². The molecule has 0 aliphatic rings. The van der Waals surface area contributed by atoms with E-state index in [9.17, 15) is 9.59 Å². The van der Waals surface area contributed by atoms with Crippen molar-refractivity contribution in [2.75, 3.05) is 11.6 Å². The van der Waals surface area contributed by atoms with Crippen LogP contribution in [0.1, 0.15) is 0 Å². The Morgan fingerprint density at radius 1 is 1.35 bits per heavy atom. The number of nitrogens with one attached hydrogen (secondary N) is 1. The summed E-state index contributed by atoms with van der Waals surface area (Å²) in [6, 6.07) is 11.1. The van der Waals surface area contributed by atoms with Gasteiger partial charge in [-0.15, -0.1) is 28.2 Å². The number of carbonyl (C=O) groups is 1. The van der Waals surface area contributed by atoms with Crippen LogP contribution in [0.5, 0.6) is 0 Å². The van der Waals surface area contributed by atoms with Crippen molar-refractivity contribution in [3.63, 3.8) is 0 Å². The fraction of sp³-hybridized carbons (Fsp3) is 0.133. The lowest BCUT2D eigenvalue weighted by molar-refractivity contribution is -0.117. The molecule has 0 radical (unpaired) electrons. The van der Waals surface area contributed by atoms with Gasteiger partial charge in [0.1, 0.15) is 6.54 Å². The van der Waals surface area contributed by atoms with Gasteiger partial charge in [0.05, 0.1) is 10.6 Å². The van der Waals surface area contributed by atoms with E-state index in [1.54, 1.807) is 6.07 Å². The highest BCUT2D eigenvalue weighted by atomic mass is 32.2. The van der Waals surface area contributed by atoms with Crippen LogP contribution in [-0.2, 0) is 11.3 Å². The molecule has 23 heavy (non-hydrogen) atoms. The zero-order valence-electron chi connectivity index (χ0n) is 12.2. The van der Waals surface area contributed by atoms with E-state index in [0.29, 0.717) is 5.69 Å². The first-order valence-corrected chi connectivity index (χ1v) is 8.82. The topological polar surface area (TPSA) is 77.1 Å². The average Bonchev–Trinajstić information content (AvgIpc) is 3.18. The molecule has 1 aromatic carbocycles. The first-order chi connectivity index (χ1) is 11.2. The number of aromatic nitrogens is 2. The number of hydrogen-bond donors (Lipinski definition) is 1. The van der Waals surface area contributed by atoms with Crippen molar-refractivity contribution < 1.29 is 9.21 Å². The van der Waals surface area contributed by atoms with Crippen LogP contribution in [0.15, 0.2) is 55.9 Å². The molecule has 0 aliphatic carbocycles. The van der Waals surface area contributed by atoms with E-state index >= 15 is 0 Å². The van der Waals surface area contributed by atoms with E-state index in [1.165, 1.54) is 23.1 Å². The van der Waals surface area contributed by atoms with Crippen LogP contribution in [0.4, 0.5) is 5.69 Å². The first kappa shape index (κ1) is 15.6. The quantitative estimate of drug-likeness (QED) is 0.718. The Morgan fingerprint density at radius 2 is 2.17 bits per heavy atom. The smallest absolute Gasteiger partial charge is 0.387 e. The molecule has 0 spiro atoms. The molecule has 0 atom stereocenters. The molecule has 0 saturated heterocycles. The van der Waals surface area contributed by atoms with E-state index in [0.717, 1.165) is 14.5 Å². The molecule has 1 amide bonds. The Balaban J connectivity index is 1.75. The normalized spacial score (nSPS) is 10.7. The molecule has 0 bridgehead atoms. The van der Waals surface area contributed by atoms with Crippen LogP contribution in [0, 0.1) is 0 Å². The molecule has 1 N–H and O–H groups in total. The molecule has 3 aromatic rings. The van der Waals surface area contributed by atoms with Crippen LogP contribution in [-0.4, -0.2) is 21.9 Å². The predicted molar refractivity (Wildman–Crippen MR) is 90.9 cm³/mol. The molecule has 2 aromatic heterocycles. The number of thiophene rings is 1. The summed E-state index contributed by atoms with van der Waals surface area (Å²) in [6.07, 6.45) is 1.93. The van der Waals surface area contributed by atoms with Gasteiger partial charge in [-0.25, -0.2) is 4.79 Å². The maximum atomic E-state index is 12.1. The summed E-state index contributed by atoms with van der Waals surface area (Å²) in [5.41, 5.74) is 0.708. The van der Waals surface area contributed by atoms with Gasteiger partial charge in [0.2, 0.25) is 5.91 Å². The van der Waals surface area contributed by atoms with Crippen LogP contribution >= 0.6 is 23.1 Å². The van der Waals surface area contributed by atoms with Gasteiger partial charge >= 0.3 is 5.76 Å². The third-order valence-corrected chi connectivity index (χ3v) is 4.67. The molecule has 6 nitrogen and oxygen atoms in total. The van der Waals surface area contributed by atoms with Gasteiger partial charge in [0.15, 0.2) is 0 Å². The second-order valence-corrected chi connectivity index (χ2v) is 6.35. The molecule has 2 heterocycles. The van der Waals surface area contributed by atoms with Gasteiger partial charge in [0.25, 0.3) is 5.89 Å². The largest absolute Gasteiger partial charge is 0.437 e. The van der Waals surface area contributed by atoms with Gasteiger partial charge in [-0.3, -0.25) is 4.79 Å². The van der Waals surface area contributed by atoms with Crippen molar-refractivity contribution in [1.29, 1.82) is 0 Å². The minimum atomic E-state index is -0.651. The third-order valence-electron chi connectivity index (χ3n) is 3.01. The van der Waals surface area contributed by atoms with E-state index < -0.39 is 5.76 Å². The second-order valence-electron chi connectivity index (χ2n) is 4.56. The van der Waals surface area contributed by atoms with Crippen LogP contribution in [0.25, 0.3) is 10.8 Å². The SMILES string of the molecule is CSc1ccccc1NC(=O)Cn1nc(-c2cccs2)oc1=O. The third kappa shape index (κ3) is 3.54. The molecule has 0 saturated carbocycles. The number of para-hydroxylation sites is 1. The van der Waals surface area contributed by atoms with Crippen molar-refractivity contribution >= 4 is 34.7 Å². The molecule has 3 rings (SSSR count). The fourth-order valence-electron chi connectivity index (χ4n) is 1.98. The lowest BCUT2D eigenvalue weighted by Gasteiger charge is -2.08. The fourth-order valence-corrected chi connectivity index (χ4v) is 3.18. The average molecular weight is 347 g/mol. The molecule has 118 valence electrons. The Morgan fingerprint density at radius 3 is 2.91 bits per heavy atom. The van der Waals surface area contributed by atoms with E-state index in [4.69, 9.17) is 4.42 Å². The standard InChI is InChI=1S/C15H13N3O3S2/c1-22-11-6-3-2-5-10(11)16-13(19)9-18-15(20)21-14(17-18)12-7-4-8-23-12/h2-8H,9H2,1H3,(H,16,19). The van der Waals surface area contributed by atoms with Crippen LogP contribution in [0.3, 0.4) is 0 Å². The number of anilines is 1. The van der Waals surface area contributed by atoms with Crippen molar-refractivity contribution in [3.8, 4) is 10.8 Å². The summed E-state index contributed by atoms with van der Waals surface area (Å²) < 4.78 is 6.10. The summed E-state index contributed by atoms with van der Waals surface area (Å²) in [5.74, 6) is -0.761. The highest BCUT2D eigenvalue weighted by molar-refractivity contribution is 7.98. The molecular weight excluding hydrogens is 334 g/mol. The Hall–Kier alpha value is -2.32. The second kappa shape index (κ2) is 6.84. The van der Waals surface area contributed by atoms with Gasteiger partial charge in [0, 0.05) is 4.90 Å². The van der Waals surface area contributed by atoms with E-state index in [1.807, 2.05) is 42.0 Å². The lowest BCUT2D eigenvalue weighted by atomic mass is 10.3. The Labute approximate surface area is 140 Å². The van der Waals surface area contributed by atoms with Gasteiger partial charge in [-0.05, 0) is 29.8 Å². The number of rotatable bonds is 5. The zero-order chi connectivity index (χ0) is 16.2. The maximum Gasteiger partial charge on any atom is 0.437 e. The molecular formula is C15H13N3O3S2. The van der Waals surface area contributed by atoms with Crippen molar-refractivity contribution in [3.05, 3.63) is 52.3 Å². The number of hydrogen-bond acceptors (Lipinski definition) is 6. The minimum Gasteiger partial charge on any atom is -0.387 e. The number of carbonyl (C=O) groups excluding carboxylic acids is 1. The van der Waals surface area contributed by atoms with E-state index in [2.05, 4.69) is 10.4 Å². The number of benzene rings is 1. The summed E-state index contributed by atoms with van der Waals surface area (Å²) in [4.78, 5) is 25.6. The van der Waals surface area contributed by atoms with Gasteiger partial charge in [-0.2, -0.15) is 4.68 Å². The number of thioether (sulfide) groups is 1. The van der Waals surface area contributed by atoms with Crippen LogP contribution in [0.2, 0.25) is 0 Å².